The molecule has 4 rings (SSSR count). The number of aliphatic hydroxyl groups excluding tert-OH is 1. The minimum Gasteiger partial charge on any atom is -0.508 e. The Hall–Kier alpha value is -4.20. The van der Waals surface area contributed by atoms with Gasteiger partial charge in [0.1, 0.15) is 34.3 Å². The Morgan fingerprint density at radius 1 is 1.00 bits per heavy atom. The fraction of sp³-hybridized carbons (Fsp3) is 0.167. The average molecular weight is 435 g/mol. The van der Waals surface area contributed by atoms with Crippen LogP contribution in [0.15, 0.2) is 70.9 Å². The summed E-state index contributed by atoms with van der Waals surface area (Å²) in [6, 6.07) is 13.5. The van der Waals surface area contributed by atoms with Crippen molar-refractivity contribution in [3.05, 3.63) is 83.3 Å². The van der Waals surface area contributed by atoms with Gasteiger partial charge in [0.25, 0.3) is 11.7 Å². The molecule has 0 saturated carbocycles. The number of hydrogen-bond acceptors (Lipinski definition) is 7. The van der Waals surface area contributed by atoms with Gasteiger partial charge in [-0.1, -0.05) is 18.2 Å². The van der Waals surface area contributed by atoms with Crippen LogP contribution < -0.4 is 9.47 Å². The molecule has 0 radical (unpaired) electrons. The van der Waals surface area contributed by atoms with Gasteiger partial charge in [-0.05, 0) is 42.0 Å². The minimum absolute atomic E-state index is 0.0168. The SMILES string of the molecule is COc1cccc(OC)c1/C(O)=C1\C(=O)C(=O)N(Cc2ccco2)C1c1ccc(O)cc1. The van der Waals surface area contributed by atoms with Gasteiger partial charge in [-0.25, -0.2) is 0 Å². The smallest absolute Gasteiger partial charge is 0.296 e. The second-order valence-corrected chi connectivity index (χ2v) is 7.14. The number of likely N-dealkylation sites (tertiary alicyclic amines) is 1. The maximum Gasteiger partial charge on any atom is 0.296 e. The third-order valence-electron chi connectivity index (χ3n) is 5.32. The number of methoxy groups -OCH3 is 2. The van der Waals surface area contributed by atoms with E-state index in [-0.39, 0.29) is 34.9 Å². The maximum absolute atomic E-state index is 13.1. The Morgan fingerprint density at radius 3 is 2.22 bits per heavy atom. The Morgan fingerprint density at radius 2 is 1.66 bits per heavy atom. The van der Waals surface area contributed by atoms with Gasteiger partial charge in [-0.3, -0.25) is 9.59 Å². The molecule has 1 fully saturated rings. The highest BCUT2D eigenvalue weighted by molar-refractivity contribution is 6.46. The average Bonchev–Trinajstić information content (AvgIpc) is 3.41. The summed E-state index contributed by atoms with van der Waals surface area (Å²) in [5.74, 6) is -0.978. The normalized spacial score (nSPS) is 17.6. The minimum atomic E-state index is -0.921. The highest BCUT2D eigenvalue weighted by atomic mass is 16.5. The van der Waals surface area contributed by atoms with E-state index in [0.29, 0.717) is 11.3 Å². The van der Waals surface area contributed by atoms with Crippen LogP contribution in [0.5, 0.6) is 17.2 Å². The number of carbonyl (C=O) groups excluding carboxylic acids is 2. The second-order valence-electron chi connectivity index (χ2n) is 7.14. The summed E-state index contributed by atoms with van der Waals surface area (Å²) in [7, 11) is 2.86. The number of amides is 1. The molecule has 0 aliphatic carbocycles. The number of ketones is 1. The molecule has 1 amide bonds. The zero-order chi connectivity index (χ0) is 22.8. The largest absolute Gasteiger partial charge is 0.508 e. The Bertz CT molecular complexity index is 1160. The Labute approximate surface area is 183 Å². The number of phenolic OH excluding ortho intramolecular Hbond substituents is 1. The lowest BCUT2D eigenvalue weighted by Gasteiger charge is -2.25. The van der Waals surface area contributed by atoms with Gasteiger partial charge in [-0.2, -0.15) is 0 Å². The molecule has 164 valence electrons. The molecular weight excluding hydrogens is 414 g/mol. The lowest BCUT2D eigenvalue weighted by molar-refractivity contribution is -0.140. The summed E-state index contributed by atoms with van der Waals surface area (Å²) >= 11 is 0. The van der Waals surface area contributed by atoms with Gasteiger partial charge in [0, 0.05) is 0 Å². The van der Waals surface area contributed by atoms with Gasteiger partial charge in [0.05, 0.1) is 38.6 Å². The number of Topliss-reactive ketones (excluding diaryl/α,β-unsaturated/α-hetero) is 1. The van der Waals surface area contributed by atoms with Crippen LogP contribution in [0.2, 0.25) is 0 Å². The molecule has 8 heteroatoms. The molecule has 1 atom stereocenters. The zero-order valence-electron chi connectivity index (χ0n) is 17.4. The van der Waals surface area contributed by atoms with Crippen molar-refractivity contribution in [2.45, 2.75) is 12.6 Å². The van der Waals surface area contributed by atoms with Crippen molar-refractivity contribution >= 4 is 17.4 Å². The number of furan rings is 1. The number of ether oxygens (including phenoxy) is 2. The first kappa shape index (κ1) is 21.0. The second kappa shape index (κ2) is 8.50. The van der Waals surface area contributed by atoms with E-state index in [9.17, 15) is 19.8 Å². The molecule has 32 heavy (non-hydrogen) atoms. The van der Waals surface area contributed by atoms with Gasteiger partial charge < -0.3 is 29.0 Å². The third kappa shape index (κ3) is 3.56. The molecule has 8 nitrogen and oxygen atoms in total. The van der Waals surface area contributed by atoms with E-state index in [1.165, 1.54) is 37.5 Å². The van der Waals surface area contributed by atoms with Crippen LogP contribution >= 0.6 is 0 Å². The van der Waals surface area contributed by atoms with Crippen molar-refractivity contribution in [1.82, 2.24) is 4.90 Å². The molecule has 0 spiro atoms. The number of aliphatic hydroxyl groups is 1. The van der Waals surface area contributed by atoms with Crippen LogP contribution in [0.4, 0.5) is 0 Å². The van der Waals surface area contributed by atoms with Crippen molar-refractivity contribution in [2.75, 3.05) is 14.2 Å². The fourth-order valence-corrected chi connectivity index (χ4v) is 3.84. The van der Waals surface area contributed by atoms with Crippen LogP contribution in [-0.4, -0.2) is 41.0 Å². The summed E-state index contributed by atoms with van der Waals surface area (Å²) in [4.78, 5) is 27.5. The molecule has 3 aromatic rings. The number of nitrogens with zero attached hydrogens (tertiary/aromatic N) is 1. The van der Waals surface area contributed by atoms with Crippen LogP contribution in [0.25, 0.3) is 5.76 Å². The van der Waals surface area contributed by atoms with Crippen LogP contribution in [0, 0.1) is 0 Å². The summed E-state index contributed by atoms with van der Waals surface area (Å²) < 4.78 is 16.1. The van der Waals surface area contributed by atoms with Gasteiger partial charge in [0.2, 0.25) is 0 Å². The summed E-state index contributed by atoms with van der Waals surface area (Å²) in [6.07, 6.45) is 1.47. The fourth-order valence-electron chi connectivity index (χ4n) is 3.84. The van der Waals surface area contributed by atoms with E-state index in [4.69, 9.17) is 13.9 Å². The molecule has 1 aliphatic rings. The maximum atomic E-state index is 13.1. The first-order chi connectivity index (χ1) is 15.5. The lowest BCUT2D eigenvalue weighted by Crippen LogP contribution is -2.29. The Balaban J connectivity index is 1.94. The van der Waals surface area contributed by atoms with Crippen molar-refractivity contribution in [2.24, 2.45) is 0 Å². The number of hydrogen-bond donors (Lipinski definition) is 2. The first-order valence-electron chi connectivity index (χ1n) is 9.77. The molecule has 1 aromatic heterocycles. The standard InChI is InChI=1S/C24H21NO7/c1-30-17-6-3-7-18(31-2)19(17)22(27)20-21(14-8-10-15(26)11-9-14)25(24(29)23(20)28)13-16-5-4-12-32-16/h3-12,21,26-27H,13H2,1-2H3/b22-20+. The third-order valence-corrected chi connectivity index (χ3v) is 5.32. The quantitative estimate of drug-likeness (QED) is 0.346. The van der Waals surface area contributed by atoms with Crippen molar-refractivity contribution < 1.29 is 33.7 Å². The summed E-state index contributed by atoms with van der Waals surface area (Å²) in [6.45, 7) is 0.0168. The molecule has 0 bridgehead atoms. The lowest BCUT2D eigenvalue weighted by atomic mass is 9.94. The molecule has 2 N–H and O–H groups in total. The number of phenols is 1. The molecule has 2 aromatic carbocycles. The molecule has 1 saturated heterocycles. The number of carbonyl (C=O) groups is 2. The number of aromatic hydroxyl groups is 1. The number of rotatable bonds is 6. The zero-order valence-corrected chi connectivity index (χ0v) is 17.4. The predicted octanol–water partition coefficient (Wildman–Crippen LogP) is 3.62. The van der Waals surface area contributed by atoms with Crippen LogP contribution in [0.3, 0.4) is 0 Å². The first-order valence-corrected chi connectivity index (χ1v) is 9.77. The molecular formula is C24H21NO7. The molecule has 1 aliphatic heterocycles. The van der Waals surface area contributed by atoms with Crippen LogP contribution in [0.1, 0.15) is 22.9 Å². The van der Waals surface area contributed by atoms with E-state index in [2.05, 4.69) is 0 Å². The number of benzene rings is 2. The van der Waals surface area contributed by atoms with Gasteiger partial charge >= 0.3 is 0 Å². The van der Waals surface area contributed by atoms with Crippen molar-refractivity contribution in [3.63, 3.8) is 0 Å². The van der Waals surface area contributed by atoms with Crippen molar-refractivity contribution in [3.8, 4) is 17.2 Å². The molecule has 1 unspecified atom stereocenters. The van der Waals surface area contributed by atoms with Gasteiger partial charge in [0.15, 0.2) is 0 Å². The van der Waals surface area contributed by atoms with E-state index < -0.39 is 23.5 Å². The summed E-state index contributed by atoms with van der Waals surface area (Å²) in [5, 5.41) is 21.0. The van der Waals surface area contributed by atoms with E-state index in [1.807, 2.05) is 0 Å². The highest BCUT2D eigenvalue weighted by Gasteiger charge is 2.47. The predicted molar refractivity (Wildman–Crippen MR) is 114 cm³/mol. The Kier molecular flexibility index (Phi) is 5.59. The van der Waals surface area contributed by atoms with E-state index in [0.717, 1.165) is 0 Å². The van der Waals surface area contributed by atoms with Gasteiger partial charge in [-0.15, -0.1) is 0 Å². The molecule has 2 heterocycles. The van der Waals surface area contributed by atoms with Crippen molar-refractivity contribution in [1.29, 1.82) is 0 Å². The topological polar surface area (TPSA) is 109 Å². The van der Waals surface area contributed by atoms with E-state index >= 15 is 0 Å². The highest BCUT2D eigenvalue weighted by Crippen LogP contribution is 2.44. The van der Waals surface area contributed by atoms with Crippen LogP contribution in [-0.2, 0) is 16.1 Å². The monoisotopic (exact) mass is 435 g/mol. The van der Waals surface area contributed by atoms with E-state index in [1.54, 1.807) is 42.5 Å². The summed E-state index contributed by atoms with van der Waals surface area (Å²) in [5.41, 5.74) is 0.580.